The molecule has 3 aromatic heterocycles. The first-order valence-electron chi connectivity index (χ1n) is 19.6. The number of nitrogens with zero attached hydrogens (tertiary/aromatic N) is 2. The summed E-state index contributed by atoms with van der Waals surface area (Å²) in [6, 6.07) is 49.0. The molecule has 0 amide bonds. The van der Waals surface area contributed by atoms with Crippen molar-refractivity contribution in [3.05, 3.63) is 174 Å². The Morgan fingerprint density at radius 1 is 0.714 bits per heavy atom. The third kappa shape index (κ3) is 9.16. The molecule has 0 bridgehead atoms. The summed E-state index contributed by atoms with van der Waals surface area (Å²) in [6.45, 7) is 12.9. The van der Waals surface area contributed by atoms with Crippen molar-refractivity contribution in [3.63, 3.8) is 0 Å². The summed E-state index contributed by atoms with van der Waals surface area (Å²) >= 11 is 0.0180. The van der Waals surface area contributed by atoms with Gasteiger partial charge in [-0.1, -0.05) is 105 Å². The molecule has 0 saturated carbocycles. The van der Waals surface area contributed by atoms with Crippen LogP contribution in [0.3, 0.4) is 0 Å². The number of benzene rings is 5. The van der Waals surface area contributed by atoms with Gasteiger partial charge in [-0.05, 0) is 68.1 Å². The molecular weight excluding hydrogens is 937 g/mol. The van der Waals surface area contributed by atoms with Crippen molar-refractivity contribution >= 4 is 49.2 Å². The van der Waals surface area contributed by atoms with Crippen molar-refractivity contribution in [1.29, 1.82) is 0 Å². The van der Waals surface area contributed by atoms with E-state index in [9.17, 15) is 1.37 Å². The van der Waals surface area contributed by atoms with Crippen LogP contribution in [0.5, 0.6) is 0 Å². The molecule has 0 saturated heterocycles. The number of hydrogen-bond donors (Lipinski definition) is 0. The van der Waals surface area contributed by atoms with Gasteiger partial charge in [-0.25, -0.2) is 0 Å². The third-order valence-corrected chi connectivity index (χ3v) is 16.0. The van der Waals surface area contributed by atoms with E-state index >= 15 is 0 Å². The molecule has 0 aliphatic carbocycles. The molecule has 1 atom stereocenters. The topological polar surface area (TPSA) is 25.8 Å². The first-order chi connectivity index (χ1) is 26.6. The normalized spacial score (nSPS) is 13.0. The zero-order chi connectivity index (χ0) is 39.8. The largest absolute Gasteiger partial charge is 0.305 e. The molecule has 0 spiro atoms. The molecule has 8 rings (SSSR count). The number of pyridine rings is 2. The van der Waals surface area contributed by atoms with Gasteiger partial charge in [0, 0.05) is 38.3 Å². The molecule has 5 heteroatoms. The number of rotatable bonds is 6. The number of fused-ring (bicyclic) bond motifs is 3. The maximum atomic E-state index is 9.33. The molecule has 1 radical (unpaired) electrons. The SMILES string of the molecule is Cc1cc(-c2[c-]cccc2)nc[c]1[Ge]([CH3])([CH3])[CH3].[2H]C(C)(c1ccc(C(C)(C)C)cc1)c1ccnc(-c2[c-]ccc3c2sc2cc(-c4ccc(C)cc4)ccc23)c1.[Ir]. The maximum absolute atomic E-state index is 9.33. The molecule has 0 aliphatic rings. The molecular formula is C51H50GeIrN2S-2. The van der Waals surface area contributed by atoms with E-state index < -0.39 is 19.2 Å². The van der Waals surface area contributed by atoms with Gasteiger partial charge < -0.3 is 4.98 Å². The molecule has 3 heterocycles. The van der Waals surface area contributed by atoms with Gasteiger partial charge in [0.25, 0.3) is 0 Å². The third-order valence-electron chi connectivity index (χ3n) is 10.4. The van der Waals surface area contributed by atoms with E-state index in [4.69, 9.17) is 4.98 Å². The van der Waals surface area contributed by atoms with Gasteiger partial charge in [-0.15, -0.1) is 23.8 Å². The second-order valence-corrected chi connectivity index (χ2v) is 28.2. The Kier molecular flexibility index (Phi) is 12.2. The van der Waals surface area contributed by atoms with E-state index in [-0.39, 0.29) is 25.5 Å². The van der Waals surface area contributed by atoms with Gasteiger partial charge in [0.2, 0.25) is 0 Å². The van der Waals surface area contributed by atoms with Crippen LogP contribution in [-0.2, 0) is 25.5 Å². The molecule has 0 N–H and O–H groups in total. The average Bonchev–Trinajstić information content (AvgIpc) is 3.56. The average molecular weight is 989 g/mol. The predicted octanol–water partition coefficient (Wildman–Crippen LogP) is 13.7. The standard InChI is InChI=1S/C36H32NS.C15H18GeN.Ir/c1-23-9-11-26(12-10-23)28-15-18-30-31-7-6-8-32(35(31)38-34(30)22-28)33-21-27(19-20-37-33)24(2)25-13-16-29(17-14-25)36(3,4)5;1-12-10-15(13-8-6-5-7-9-13)17-11-14(12)16(2,3)4;/h6-7,9-22,24H,1-5H3;5-8,10-11H,1-4H3;/q2*-1;/i24D;;. The summed E-state index contributed by atoms with van der Waals surface area (Å²) in [5, 5.41) is 2.47. The van der Waals surface area contributed by atoms with Gasteiger partial charge in [-0.3, -0.25) is 0 Å². The number of aryl methyl sites for hydroxylation is 2. The minimum absolute atomic E-state index is 0. The van der Waals surface area contributed by atoms with Gasteiger partial charge in [0.15, 0.2) is 0 Å². The molecule has 56 heavy (non-hydrogen) atoms. The Labute approximate surface area is 355 Å². The molecule has 0 fully saturated rings. The Hall–Kier alpha value is -4.19. The summed E-state index contributed by atoms with van der Waals surface area (Å²) in [4.78, 5) is 9.34. The molecule has 285 valence electrons. The number of thiophene rings is 1. The maximum Gasteiger partial charge on any atom is 0.0399 e. The van der Waals surface area contributed by atoms with E-state index in [1.165, 1.54) is 52.4 Å². The van der Waals surface area contributed by atoms with Crippen LogP contribution < -0.4 is 4.40 Å². The van der Waals surface area contributed by atoms with Crippen LogP contribution in [0.15, 0.2) is 134 Å². The van der Waals surface area contributed by atoms with E-state index in [2.05, 4.69) is 166 Å². The van der Waals surface area contributed by atoms with Crippen molar-refractivity contribution < 1.29 is 21.5 Å². The van der Waals surface area contributed by atoms with Crippen molar-refractivity contribution in [3.8, 4) is 33.6 Å². The van der Waals surface area contributed by atoms with Crippen molar-refractivity contribution in [1.82, 2.24) is 9.97 Å². The fourth-order valence-electron chi connectivity index (χ4n) is 7.09. The quantitative estimate of drug-likeness (QED) is 0.123. The zero-order valence-electron chi connectivity index (χ0n) is 34.8. The minimum Gasteiger partial charge on any atom is -0.305 e. The van der Waals surface area contributed by atoms with Crippen LogP contribution in [0.2, 0.25) is 17.3 Å². The molecule has 1 unspecified atom stereocenters. The Bertz CT molecular complexity index is 2640. The van der Waals surface area contributed by atoms with E-state index in [0.717, 1.165) is 33.6 Å². The van der Waals surface area contributed by atoms with Crippen LogP contribution in [0.1, 0.15) is 62.8 Å². The second kappa shape index (κ2) is 17.1. The van der Waals surface area contributed by atoms with Crippen LogP contribution in [-0.4, -0.2) is 23.2 Å². The van der Waals surface area contributed by atoms with Crippen molar-refractivity contribution in [2.45, 2.75) is 70.1 Å². The second-order valence-electron chi connectivity index (χ2n) is 16.6. The molecule has 0 aliphatic heterocycles. The predicted molar refractivity (Wildman–Crippen MR) is 240 cm³/mol. The zero-order valence-corrected chi connectivity index (χ0v) is 39.1. The molecule has 8 aromatic rings. The van der Waals surface area contributed by atoms with Crippen LogP contribution in [0.4, 0.5) is 0 Å². The van der Waals surface area contributed by atoms with Gasteiger partial charge in [0.1, 0.15) is 0 Å². The summed E-state index contributed by atoms with van der Waals surface area (Å²) < 4.78 is 13.3. The van der Waals surface area contributed by atoms with Crippen LogP contribution in [0.25, 0.3) is 53.8 Å². The first-order valence-corrected chi connectivity index (χ1v) is 27.2. The fraction of sp³-hybridized carbons (Fsp3) is 0.216. The van der Waals surface area contributed by atoms with E-state index in [0.29, 0.717) is 0 Å². The van der Waals surface area contributed by atoms with Crippen molar-refractivity contribution in [2.24, 2.45) is 0 Å². The Morgan fingerprint density at radius 2 is 1.45 bits per heavy atom. The number of aromatic nitrogens is 2. The molecule has 5 aromatic carbocycles. The smallest absolute Gasteiger partial charge is 0.0399 e. The minimum atomic E-state index is -1.77. The summed E-state index contributed by atoms with van der Waals surface area (Å²) in [6.07, 6.45) is 3.90. The van der Waals surface area contributed by atoms with Crippen LogP contribution >= 0.6 is 11.3 Å². The fourth-order valence-corrected chi connectivity index (χ4v) is 11.9. The van der Waals surface area contributed by atoms with E-state index in [1.54, 1.807) is 11.3 Å². The summed E-state index contributed by atoms with van der Waals surface area (Å²) in [5.41, 5.74) is 12.3. The van der Waals surface area contributed by atoms with E-state index in [1.807, 2.05) is 43.5 Å². The van der Waals surface area contributed by atoms with Gasteiger partial charge >= 0.3 is 106 Å². The van der Waals surface area contributed by atoms with Crippen LogP contribution in [0, 0.1) is 26.0 Å². The van der Waals surface area contributed by atoms with Crippen molar-refractivity contribution in [2.75, 3.05) is 0 Å². The summed E-state index contributed by atoms with van der Waals surface area (Å²) in [5.74, 6) is 6.31. The number of hydrogen-bond acceptors (Lipinski definition) is 3. The monoisotopic (exact) mass is 990 g/mol. The van der Waals surface area contributed by atoms with Gasteiger partial charge in [0.05, 0.1) is 0 Å². The first kappa shape index (κ1) is 40.0. The Morgan fingerprint density at radius 3 is 2.11 bits per heavy atom. The summed E-state index contributed by atoms with van der Waals surface area (Å²) in [7, 11) is 0. The Balaban J connectivity index is 0.000000256. The molecule has 2 nitrogen and oxygen atoms in total. The van der Waals surface area contributed by atoms with Gasteiger partial charge in [-0.2, -0.15) is 11.3 Å².